The number of aryl methyl sites for hydroxylation is 2. The maximum absolute atomic E-state index is 12.9. The molecule has 0 spiro atoms. The zero-order chi connectivity index (χ0) is 22.8. The van der Waals surface area contributed by atoms with Crippen LogP contribution in [-0.4, -0.2) is 46.3 Å². The Hall–Kier alpha value is -2.76. The Bertz CT molecular complexity index is 1020. The molecule has 1 aromatic heterocycles. The summed E-state index contributed by atoms with van der Waals surface area (Å²) in [4.78, 5) is 39.5. The van der Waals surface area contributed by atoms with Gasteiger partial charge in [0.1, 0.15) is 11.6 Å². The van der Waals surface area contributed by atoms with Crippen LogP contribution in [0.5, 0.6) is 0 Å². The molecule has 174 valence electrons. The molecule has 0 N–H and O–H groups in total. The highest BCUT2D eigenvalue weighted by Gasteiger charge is 2.35. The van der Waals surface area contributed by atoms with E-state index in [9.17, 15) is 9.59 Å². The fourth-order valence-corrected chi connectivity index (χ4v) is 5.70. The van der Waals surface area contributed by atoms with Crippen LogP contribution in [-0.2, 0) is 22.4 Å². The lowest BCUT2D eigenvalue weighted by Gasteiger charge is -2.30. The second-order valence-corrected chi connectivity index (χ2v) is 9.86. The van der Waals surface area contributed by atoms with E-state index in [1.807, 2.05) is 22.8 Å². The molecule has 3 heterocycles. The number of benzene rings is 1. The first kappa shape index (κ1) is 22.1. The average molecular weight is 447 g/mol. The predicted octanol–water partition coefficient (Wildman–Crippen LogP) is 4.20. The van der Waals surface area contributed by atoms with Crippen molar-refractivity contribution in [2.75, 3.05) is 24.5 Å². The van der Waals surface area contributed by atoms with E-state index in [1.54, 1.807) is 0 Å². The van der Waals surface area contributed by atoms with E-state index in [-0.39, 0.29) is 17.7 Å². The van der Waals surface area contributed by atoms with Gasteiger partial charge < -0.3 is 4.90 Å². The lowest BCUT2D eigenvalue weighted by atomic mass is 10.0. The summed E-state index contributed by atoms with van der Waals surface area (Å²) in [6, 6.07) is 10.4. The van der Waals surface area contributed by atoms with Crippen molar-refractivity contribution in [1.29, 1.82) is 0 Å². The summed E-state index contributed by atoms with van der Waals surface area (Å²) in [5, 5.41) is 0. The van der Waals surface area contributed by atoms with Crippen molar-refractivity contribution in [1.82, 2.24) is 14.9 Å². The molecule has 1 aliphatic carbocycles. The number of rotatable bonds is 6. The van der Waals surface area contributed by atoms with Gasteiger partial charge in [0.25, 0.3) is 0 Å². The van der Waals surface area contributed by atoms with Crippen LogP contribution in [0.1, 0.15) is 73.5 Å². The first-order valence-electron chi connectivity index (χ1n) is 12.6. The fourth-order valence-electron chi connectivity index (χ4n) is 5.70. The second kappa shape index (κ2) is 9.62. The first-order valence-corrected chi connectivity index (χ1v) is 12.6. The van der Waals surface area contributed by atoms with Crippen molar-refractivity contribution in [2.24, 2.45) is 5.92 Å². The van der Waals surface area contributed by atoms with E-state index in [0.29, 0.717) is 31.8 Å². The number of fused-ring (bicyclic) bond motifs is 1. The maximum Gasteiger partial charge on any atom is 0.228 e. The quantitative estimate of drug-likeness (QED) is 0.667. The predicted molar refractivity (Wildman–Crippen MR) is 128 cm³/mol. The Labute approximate surface area is 196 Å². The van der Waals surface area contributed by atoms with Crippen molar-refractivity contribution >= 4 is 17.6 Å². The van der Waals surface area contributed by atoms with Crippen LogP contribution < -0.4 is 4.90 Å². The highest BCUT2D eigenvalue weighted by Crippen LogP contribution is 2.34. The molecular weight excluding hydrogens is 412 g/mol. The normalized spacial score (nSPS) is 21.0. The number of nitrogens with zero attached hydrogens (tertiary/aromatic N) is 4. The van der Waals surface area contributed by atoms with Crippen molar-refractivity contribution in [2.45, 2.75) is 70.6 Å². The monoisotopic (exact) mass is 446 g/mol. The summed E-state index contributed by atoms with van der Waals surface area (Å²) in [5.74, 6) is 2.46. The standard InChI is InChI=1S/C27H34N4O2/c1-19-23-13-14-24(32)31(16-7-10-20-8-3-2-4-9-20)26(23)29-25(28-19)22-15-17-30(18-22)27(33)21-11-5-6-12-21/h2-4,8-9,21-22H,5-7,10-18H2,1H3. The lowest BCUT2D eigenvalue weighted by Crippen LogP contribution is -2.38. The topological polar surface area (TPSA) is 66.4 Å². The molecule has 6 nitrogen and oxygen atoms in total. The van der Waals surface area contributed by atoms with Crippen LogP contribution in [0.4, 0.5) is 5.82 Å². The number of aromatic nitrogens is 2. The highest BCUT2D eigenvalue weighted by atomic mass is 16.2. The molecule has 5 rings (SSSR count). The van der Waals surface area contributed by atoms with Crippen LogP contribution in [0, 0.1) is 12.8 Å². The molecule has 6 heteroatoms. The number of likely N-dealkylation sites (tertiary alicyclic amines) is 1. The van der Waals surface area contributed by atoms with E-state index in [4.69, 9.17) is 9.97 Å². The van der Waals surface area contributed by atoms with Crippen molar-refractivity contribution in [3.63, 3.8) is 0 Å². The van der Waals surface area contributed by atoms with Gasteiger partial charge in [-0.1, -0.05) is 43.2 Å². The zero-order valence-electron chi connectivity index (χ0n) is 19.6. The van der Waals surface area contributed by atoms with Crippen LogP contribution in [0.2, 0.25) is 0 Å². The highest BCUT2D eigenvalue weighted by molar-refractivity contribution is 5.95. The van der Waals surface area contributed by atoms with Crippen molar-refractivity contribution in [3.05, 3.63) is 53.0 Å². The van der Waals surface area contributed by atoms with Gasteiger partial charge in [-0.25, -0.2) is 9.97 Å². The summed E-state index contributed by atoms with van der Waals surface area (Å²) >= 11 is 0. The summed E-state index contributed by atoms with van der Waals surface area (Å²) in [6.07, 6.45) is 8.41. The number of hydrogen-bond acceptors (Lipinski definition) is 4. The Balaban J connectivity index is 1.31. The fraction of sp³-hybridized carbons (Fsp3) is 0.556. The second-order valence-electron chi connectivity index (χ2n) is 9.86. The van der Waals surface area contributed by atoms with Crippen molar-refractivity contribution in [3.8, 4) is 0 Å². The number of carbonyl (C=O) groups excluding carboxylic acids is 2. The number of amides is 2. The molecule has 1 saturated carbocycles. The average Bonchev–Trinajstić information content (AvgIpc) is 3.53. The van der Waals surface area contributed by atoms with Crippen molar-refractivity contribution < 1.29 is 9.59 Å². The minimum absolute atomic E-state index is 0.155. The third kappa shape index (κ3) is 4.66. The van der Waals surface area contributed by atoms with E-state index in [0.717, 1.165) is 61.5 Å². The summed E-state index contributed by atoms with van der Waals surface area (Å²) < 4.78 is 0. The number of anilines is 1. The minimum Gasteiger partial charge on any atom is -0.342 e. The zero-order valence-corrected chi connectivity index (χ0v) is 19.6. The SMILES string of the molecule is Cc1nc(C2CCN(C(=O)C3CCCC3)C2)nc2c1CCC(=O)N2CCCc1ccccc1. The smallest absolute Gasteiger partial charge is 0.228 e. The molecule has 1 unspecified atom stereocenters. The van der Waals surface area contributed by atoms with Gasteiger partial charge in [-0.05, 0) is 51.0 Å². The first-order chi connectivity index (χ1) is 16.1. The lowest BCUT2D eigenvalue weighted by molar-refractivity contribution is -0.134. The van der Waals surface area contributed by atoms with Gasteiger partial charge in [0.05, 0.1) is 0 Å². The van der Waals surface area contributed by atoms with E-state index in [2.05, 4.69) is 24.3 Å². The number of hydrogen-bond donors (Lipinski definition) is 0. The van der Waals surface area contributed by atoms with Gasteiger partial charge in [-0.15, -0.1) is 0 Å². The van der Waals surface area contributed by atoms with Gasteiger partial charge in [0.2, 0.25) is 11.8 Å². The number of carbonyl (C=O) groups is 2. The Morgan fingerprint density at radius 3 is 2.64 bits per heavy atom. The van der Waals surface area contributed by atoms with E-state index < -0.39 is 0 Å². The van der Waals surface area contributed by atoms with Gasteiger partial charge in [0, 0.05) is 49.1 Å². The molecule has 0 bridgehead atoms. The summed E-state index contributed by atoms with van der Waals surface area (Å²) in [6.45, 7) is 4.21. The molecule has 2 amide bonds. The molecular formula is C27H34N4O2. The largest absolute Gasteiger partial charge is 0.342 e. The molecule has 2 aromatic rings. The van der Waals surface area contributed by atoms with E-state index in [1.165, 1.54) is 18.4 Å². The Morgan fingerprint density at radius 1 is 1.06 bits per heavy atom. The third-order valence-corrected chi connectivity index (χ3v) is 7.61. The Kier molecular flexibility index (Phi) is 6.43. The molecule has 33 heavy (non-hydrogen) atoms. The Morgan fingerprint density at radius 2 is 1.85 bits per heavy atom. The maximum atomic E-state index is 12.9. The van der Waals surface area contributed by atoms with Crippen LogP contribution >= 0.6 is 0 Å². The third-order valence-electron chi connectivity index (χ3n) is 7.61. The van der Waals surface area contributed by atoms with Gasteiger partial charge in [-0.2, -0.15) is 0 Å². The molecule has 1 aromatic carbocycles. The summed E-state index contributed by atoms with van der Waals surface area (Å²) in [5.41, 5.74) is 3.38. The molecule has 1 atom stereocenters. The van der Waals surface area contributed by atoms with Crippen LogP contribution in [0.25, 0.3) is 0 Å². The molecule has 0 radical (unpaired) electrons. The van der Waals surface area contributed by atoms with Crippen LogP contribution in [0.3, 0.4) is 0 Å². The van der Waals surface area contributed by atoms with Gasteiger partial charge in [-0.3, -0.25) is 14.5 Å². The molecule has 2 fully saturated rings. The summed E-state index contributed by atoms with van der Waals surface area (Å²) in [7, 11) is 0. The molecule has 1 saturated heterocycles. The van der Waals surface area contributed by atoms with Gasteiger partial charge >= 0.3 is 0 Å². The molecule has 2 aliphatic heterocycles. The van der Waals surface area contributed by atoms with Gasteiger partial charge in [0.15, 0.2) is 0 Å². The minimum atomic E-state index is 0.155. The van der Waals surface area contributed by atoms with Crippen LogP contribution in [0.15, 0.2) is 30.3 Å². The van der Waals surface area contributed by atoms with E-state index >= 15 is 0 Å². The molecule has 3 aliphatic rings.